The van der Waals surface area contributed by atoms with Crippen LogP contribution in [0.25, 0.3) is 11.1 Å². The topological polar surface area (TPSA) is 78.6 Å². The van der Waals surface area contributed by atoms with Gasteiger partial charge in [-0.2, -0.15) is 4.98 Å². The SMILES string of the molecule is CC(C)CN(CC(C)C)c1ccc(C(C)CC(=O)O)cc1Nc1nc2ccccc2o1. The van der Waals surface area contributed by atoms with Crippen LogP contribution in [0.15, 0.2) is 46.9 Å². The van der Waals surface area contributed by atoms with Crippen LogP contribution in [0.5, 0.6) is 0 Å². The highest BCUT2D eigenvalue weighted by molar-refractivity contribution is 5.79. The van der Waals surface area contributed by atoms with E-state index in [9.17, 15) is 9.90 Å². The van der Waals surface area contributed by atoms with Gasteiger partial charge in [0.15, 0.2) is 5.58 Å². The maximum absolute atomic E-state index is 11.2. The summed E-state index contributed by atoms with van der Waals surface area (Å²) in [5, 5.41) is 12.6. The molecule has 0 aliphatic heterocycles. The average molecular weight is 424 g/mol. The summed E-state index contributed by atoms with van der Waals surface area (Å²) in [5.41, 5.74) is 4.43. The van der Waals surface area contributed by atoms with E-state index in [1.165, 1.54) is 0 Å². The molecule has 0 bridgehead atoms. The fourth-order valence-corrected chi connectivity index (χ4v) is 3.81. The number of benzene rings is 2. The van der Waals surface area contributed by atoms with Gasteiger partial charge in [-0.25, -0.2) is 0 Å². The van der Waals surface area contributed by atoms with Crippen molar-refractivity contribution in [2.24, 2.45) is 11.8 Å². The van der Waals surface area contributed by atoms with E-state index in [-0.39, 0.29) is 12.3 Å². The number of carbonyl (C=O) groups is 1. The van der Waals surface area contributed by atoms with Crippen molar-refractivity contribution < 1.29 is 14.3 Å². The van der Waals surface area contributed by atoms with Crippen molar-refractivity contribution in [2.45, 2.75) is 47.0 Å². The smallest absolute Gasteiger partial charge is 0.303 e. The second-order valence-electron chi connectivity index (χ2n) is 9.08. The van der Waals surface area contributed by atoms with E-state index in [0.29, 0.717) is 17.9 Å². The first-order chi connectivity index (χ1) is 14.7. The molecule has 0 saturated heterocycles. The zero-order valence-corrected chi connectivity index (χ0v) is 19.1. The number of hydrogen-bond acceptors (Lipinski definition) is 5. The number of carboxylic acids is 1. The summed E-state index contributed by atoms with van der Waals surface area (Å²) in [6.07, 6.45) is 0.0867. The van der Waals surface area contributed by atoms with Gasteiger partial charge in [-0.15, -0.1) is 0 Å². The Kier molecular flexibility index (Phi) is 7.21. The molecule has 3 aromatic rings. The first-order valence-corrected chi connectivity index (χ1v) is 11.0. The highest BCUT2D eigenvalue weighted by atomic mass is 16.4. The Balaban J connectivity index is 2.02. The fourth-order valence-electron chi connectivity index (χ4n) is 3.81. The van der Waals surface area contributed by atoms with Gasteiger partial charge in [0.05, 0.1) is 17.8 Å². The van der Waals surface area contributed by atoms with Crippen molar-refractivity contribution in [3.63, 3.8) is 0 Å². The number of rotatable bonds is 10. The van der Waals surface area contributed by atoms with Gasteiger partial charge in [-0.3, -0.25) is 4.79 Å². The Morgan fingerprint density at radius 3 is 2.35 bits per heavy atom. The van der Waals surface area contributed by atoms with Gasteiger partial charge in [-0.1, -0.05) is 52.8 Å². The fraction of sp³-hybridized carbons (Fsp3) is 0.440. The molecule has 0 aliphatic rings. The second kappa shape index (κ2) is 9.86. The molecule has 0 fully saturated rings. The molecule has 1 atom stereocenters. The predicted octanol–water partition coefficient (Wildman–Crippen LogP) is 6.27. The van der Waals surface area contributed by atoms with Gasteiger partial charge < -0.3 is 19.7 Å². The van der Waals surface area contributed by atoms with Crippen LogP contribution in [0.3, 0.4) is 0 Å². The summed E-state index contributed by atoms with van der Waals surface area (Å²) < 4.78 is 5.90. The molecule has 0 radical (unpaired) electrons. The summed E-state index contributed by atoms with van der Waals surface area (Å²) in [4.78, 5) is 18.2. The van der Waals surface area contributed by atoms with E-state index >= 15 is 0 Å². The van der Waals surface area contributed by atoms with Gasteiger partial charge in [0, 0.05) is 13.1 Å². The third-order valence-corrected chi connectivity index (χ3v) is 5.12. The second-order valence-corrected chi connectivity index (χ2v) is 9.08. The number of nitrogens with zero attached hydrogens (tertiary/aromatic N) is 2. The zero-order valence-electron chi connectivity index (χ0n) is 19.1. The van der Waals surface area contributed by atoms with Crippen LogP contribution in [0, 0.1) is 11.8 Å². The number of aromatic nitrogens is 1. The molecule has 2 N–H and O–H groups in total. The van der Waals surface area contributed by atoms with E-state index in [2.05, 4.69) is 49.0 Å². The number of para-hydroxylation sites is 2. The molecule has 0 aliphatic carbocycles. The molecule has 1 unspecified atom stereocenters. The van der Waals surface area contributed by atoms with Crippen molar-refractivity contribution in [3.8, 4) is 0 Å². The van der Waals surface area contributed by atoms with Crippen molar-refractivity contribution in [1.82, 2.24) is 4.98 Å². The Morgan fingerprint density at radius 1 is 1.06 bits per heavy atom. The van der Waals surface area contributed by atoms with E-state index in [1.807, 2.05) is 43.3 Å². The van der Waals surface area contributed by atoms with Gasteiger partial charge in [0.25, 0.3) is 6.01 Å². The number of aliphatic carboxylic acids is 1. The van der Waals surface area contributed by atoms with Crippen molar-refractivity contribution in [3.05, 3.63) is 48.0 Å². The monoisotopic (exact) mass is 423 g/mol. The lowest BCUT2D eigenvalue weighted by atomic mass is 9.96. The van der Waals surface area contributed by atoms with Crippen LogP contribution < -0.4 is 10.2 Å². The van der Waals surface area contributed by atoms with E-state index < -0.39 is 5.97 Å². The summed E-state index contributed by atoms with van der Waals surface area (Å²) in [5.74, 6) is 0.105. The van der Waals surface area contributed by atoms with Crippen LogP contribution in [-0.4, -0.2) is 29.1 Å². The quantitative estimate of drug-likeness (QED) is 0.400. The summed E-state index contributed by atoms with van der Waals surface area (Å²) >= 11 is 0. The number of fused-ring (bicyclic) bond motifs is 1. The number of hydrogen-bond donors (Lipinski definition) is 2. The predicted molar refractivity (Wildman–Crippen MR) is 126 cm³/mol. The Morgan fingerprint density at radius 2 is 1.74 bits per heavy atom. The third kappa shape index (κ3) is 6.00. The summed E-state index contributed by atoms with van der Waals surface area (Å²) in [6.45, 7) is 12.6. The number of nitrogens with one attached hydrogen (secondary N) is 1. The molecular formula is C25H33N3O3. The third-order valence-electron chi connectivity index (χ3n) is 5.12. The first kappa shape index (κ1) is 22.7. The van der Waals surface area contributed by atoms with Gasteiger partial charge in [0.1, 0.15) is 5.52 Å². The molecule has 0 saturated carbocycles. The summed E-state index contributed by atoms with van der Waals surface area (Å²) in [6, 6.07) is 14.2. The Labute approximate surface area is 184 Å². The molecule has 6 nitrogen and oxygen atoms in total. The molecule has 3 rings (SSSR count). The molecule has 166 valence electrons. The maximum Gasteiger partial charge on any atom is 0.303 e. The normalized spacial score (nSPS) is 12.5. The first-order valence-electron chi connectivity index (χ1n) is 11.0. The van der Waals surface area contributed by atoms with Gasteiger partial charge in [0.2, 0.25) is 0 Å². The Hall–Kier alpha value is -3.02. The van der Waals surface area contributed by atoms with Crippen LogP contribution in [0.1, 0.15) is 52.5 Å². The molecule has 31 heavy (non-hydrogen) atoms. The van der Waals surface area contributed by atoms with Crippen LogP contribution in [0.2, 0.25) is 0 Å². The molecule has 6 heteroatoms. The van der Waals surface area contributed by atoms with E-state index in [0.717, 1.165) is 41.1 Å². The highest BCUT2D eigenvalue weighted by Crippen LogP contribution is 2.34. The molecular weight excluding hydrogens is 390 g/mol. The van der Waals surface area contributed by atoms with E-state index in [4.69, 9.17) is 4.42 Å². The molecule has 1 aromatic heterocycles. The maximum atomic E-state index is 11.2. The van der Waals surface area contributed by atoms with Crippen LogP contribution in [0.4, 0.5) is 17.4 Å². The van der Waals surface area contributed by atoms with Crippen LogP contribution in [-0.2, 0) is 4.79 Å². The molecule has 1 heterocycles. The number of carboxylic acid groups (broad SMARTS) is 1. The molecule has 2 aromatic carbocycles. The number of anilines is 3. The highest BCUT2D eigenvalue weighted by Gasteiger charge is 2.19. The number of oxazole rings is 1. The minimum atomic E-state index is -0.800. The van der Waals surface area contributed by atoms with Crippen molar-refractivity contribution in [1.29, 1.82) is 0 Å². The standard InChI is InChI=1S/C25H33N3O3/c1-16(2)14-28(15-17(3)4)22-11-10-19(18(5)12-24(29)30)13-21(22)27-25-26-20-8-6-7-9-23(20)31-25/h6-11,13,16-18H,12,14-15H2,1-5H3,(H,26,27)(H,29,30). The molecule has 0 amide bonds. The largest absolute Gasteiger partial charge is 0.481 e. The van der Waals surface area contributed by atoms with Crippen molar-refractivity contribution in [2.75, 3.05) is 23.3 Å². The lowest BCUT2D eigenvalue weighted by Crippen LogP contribution is -2.31. The minimum absolute atomic E-state index is 0.0867. The zero-order chi connectivity index (χ0) is 22.5. The van der Waals surface area contributed by atoms with Crippen molar-refractivity contribution >= 4 is 34.5 Å². The van der Waals surface area contributed by atoms with Gasteiger partial charge in [-0.05, 0) is 47.6 Å². The Bertz CT molecular complexity index is 983. The minimum Gasteiger partial charge on any atom is -0.481 e. The van der Waals surface area contributed by atoms with E-state index in [1.54, 1.807) is 0 Å². The molecule has 0 spiro atoms. The lowest BCUT2D eigenvalue weighted by Gasteiger charge is -2.31. The summed E-state index contributed by atoms with van der Waals surface area (Å²) in [7, 11) is 0. The van der Waals surface area contributed by atoms with Crippen LogP contribution >= 0.6 is 0 Å². The lowest BCUT2D eigenvalue weighted by molar-refractivity contribution is -0.137. The average Bonchev–Trinajstić information content (AvgIpc) is 3.08. The van der Waals surface area contributed by atoms with Gasteiger partial charge >= 0.3 is 5.97 Å².